The molecule has 2 N–H and O–H groups in total. The Kier molecular flexibility index (Phi) is 4.18. The summed E-state index contributed by atoms with van der Waals surface area (Å²) in [5.74, 6) is -0.992. The van der Waals surface area contributed by atoms with E-state index in [0.717, 1.165) is 0 Å². The van der Waals surface area contributed by atoms with Crippen molar-refractivity contribution >= 4 is 17.3 Å². The molecule has 0 aliphatic rings. The van der Waals surface area contributed by atoms with E-state index in [1.807, 2.05) is 6.92 Å². The highest BCUT2D eigenvalue weighted by Gasteiger charge is 2.17. The molecule has 0 amide bonds. The number of hydrogen-bond acceptors (Lipinski definition) is 4. The number of carboxylic acid groups (broad SMARTS) is 1. The highest BCUT2D eigenvalue weighted by Crippen LogP contribution is 2.27. The average molecular weight is 286 g/mol. The van der Waals surface area contributed by atoms with Crippen LogP contribution in [0.3, 0.4) is 0 Å². The normalized spacial score (nSPS) is 11.7. The fourth-order valence-electron chi connectivity index (χ4n) is 2.06. The molecule has 108 valence electrons. The van der Waals surface area contributed by atoms with Gasteiger partial charge in [0.25, 0.3) is 5.69 Å². The Morgan fingerprint density at radius 1 is 1.19 bits per heavy atom. The maximum Gasteiger partial charge on any atom is 0.335 e. The molecule has 0 heterocycles. The SMILES string of the molecule is CC(Nc1ccc(C(=O)O)cc1)c1ccccc1[N+](=O)[O-]. The molecule has 6 nitrogen and oxygen atoms in total. The highest BCUT2D eigenvalue weighted by molar-refractivity contribution is 5.88. The summed E-state index contributed by atoms with van der Waals surface area (Å²) >= 11 is 0. The predicted octanol–water partition coefficient (Wildman–Crippen LogP) is 3.47. The number of nitro groups is 1. The first-order valence-electron chi connectivity index (χ1n) is 6.32. The standard InChI is InChI=1S/C15H14N2O4/c1-10(13-4-2-3-5-14(13)17(20)21)16-12-8-6-11(7-9-12)15(18)19/h2-10,16H,1H3,(H,18,19). The fourth-order valence-corrected chi connectivity index (χ4v) is 2.06. The highest BCUT2D eigenvalue weighted by atomic mass is 16.6. The summed E-state index contributed by atoms with van der Waals surface area (Å²) in [4.78, 5) is 21.4. The Labute approximate surface area is 121 Å². The first kappa shape index (κ1) is 14.5. The number of benzene rings is 2. The van der Waals surface area contributed by atoms with Gasteiger partial charge in [0.15, 0.2) is 0 Å². The van der Waals surface area contributed by atoms with E-state index >= 15 is 0 Å². The second-order valence-electron chi connectivity index (χ2n) is 4.56. The van der Waals surface area contributed by atoms with Gasteiger partial charge in [-0.3, -0.25) is 10.1 Å². The lowest BCUT2D eigenvalue weighted by Gasteiger charge is -2.15. The quantitative estimate of drug-likeness (QED) is 0.648. The molecule has 0 aliphatic carbocycles. The Morgan fingerprint density at radius 2 is 1.81 bits per heavy atom. The molecule has 0 saturated carbocycles. The van der Waals surface area contributed by atoms with E-state index in [9.17, 15) is 14.9 Å². The Morgan fingerprint density at radius 3 is 2.38 bits per heavy atom. The number of nitrogens with zero attached hydrogens (tertiary/aromatic N) is 1. The van der Waals surface area contributed by atoms with Gasteiger partial charge in [0.2, 0.25) is 0 Å². The number of nitrogens with one attached hydrogen (secondary N) is 1. The lowest BCUT2D eigenvalue weighted by atomic mass is 10.1. The van der Waals surface area contributed by atoms with Crippen LogP contribution in [0.25, 0.3) is 0 Å². The summed E-state index contributed by atoms with van der Waals surface area (Å²) in [6.07, 6.45) is 0. The van der Waals surface area contributed by atoms with Crippen molar-refractivity contribution in [2.45, 2.75) is 13.0 Å². The van der Waals surface area contributed by atoms with E-state index in [0.29, 0.717) is 11.3 Å². The van der Waals surface area contributed by atoms with Crippen molar-refractivity contribution in [3.05, 3.63) is 69.8 Å². The molecule has 1 unspecified atom stereocenters. The third-order valence-corrected chi connectivity index (χ3v) is 3.11. The first-order valence-corrected chi connectivity index (χ1v) is 6.32. The predicted molar refractivity (Wildman–Crippen MR) is 78.5 cm³/mol. The minimum atomic E-state index is -0.992. The molecule has 0 aliphatic heterocycles. The number of rotatable bonds is 5. The molecule has 21 heavy (non-hydrogen) atoms. The number of hydrogen-bond donors (Lipinski definition) is 2. The molecule has 2 aromatic rings. The average Bonchev–Trinajstić information content (AvgIpc) is 2.47. The zero-order valence-electron chi connectivity index (χ0n) is 11.3. The van der Waals surface area contributed by atoms with Crippen LogP contribution in [-0.2, 0) is 0 Å². The monoisotopic (exact) mass is 286 g/mol. The smallest absolute Gasteiger partial charge is 0.335 e. The van der Waals surface area contributed by atoms with Crippen LogP contribution >= 0.6 is 0 Å². The van der Waals surface area contributed by atoms with Crippen LogP contribution in [0, 0.1) is 10.1 Å². The lowest BCUT2D eigenvalue weighted by Crippen LogP contribution is -2.09. The zero-order valence-corrected chi connectivity index (χ0v) is 11.3. The summed E-state index contributed by atoms with van der Waals surface area (Å²) in [5, 5.41) is 23.0. The van der Waals surface area contributed by atoms with Crippen LogP contribution in [0.15, 0.2) is 48.5 Å². The number of carbonyl (C=O) groups is 1. The summed E-state index contributed by atoms with van der Waals surface area (Å²) in [6.45, 7) is 1.81. The van der Waals surface area contributed by atoms with E-state index in [1.165, 1.54) is 18.2 Å². The van der Waals surface area contributed by atoms with Gasteiger partial charge in [-0.1, -0.05) is 18.2 Å². The molecule has 6 heteroatoms. The number of nitro benzene ring substituents is 1. The number of anilines is 1. The summed E-state index contributed by atoms with van der Waals surface area (Å²) in [6, 6.07) is 12.5. The lowest BCUT2D eigenvalue weighted by molar-refractivity contribution is -0.385. The molecule has 0 fully saturated rings. The van der Waals surface area contributed by atoms with Crippen molar-refractivity contribution < 1.29 is 14.8 Å². The van der Waals surface area contributed by atoms with Gasteiger partial charge >= 0.3 is 5.97 Å². The summed E-state index contributed by atoms with van der Waals surface area (Å²) < 4.78 is 0. The largest absolute Gasteiger partial charge is 0.478 e. The van der Waals surface area contributed by atoms with E-state index in [2.05, 4.69) is 5.32 Å². The van der Waals surface area contributed by atoms with Gasteiger partial charge in [0, 0.05) is 11.8 Å². The minimum Gasteiger partial charge on any atom is -0.478 e. The van der Waals surface area contributed by atoms with Crippen LogP contribution in [0.4, 0.5) is 11.4 Å². The molecule has 2 aromatic carbocycles. The molecule has 0 bridgehead atoms. The Balaban J connectivity index is 2.20. The van der Waals surface area contributed by atoms with Gasteiger partial charge < -0.3 is 10.4 Å². The minimum absolute atomic E-state index is 0.0552. The molecule has 0 aromatic heterocycles. The number of para-hydroxylation sites is 1. The molecule has 0 spiro atoms. The van der Waals surface area contributed by atoms with Crippen molar-refractivity contribution in [1.29, 1.82) is 0 Å². The third kappa shape index (κ3) is 3.36. The molecule has 0 saturated heterocycles. The first-order chi connectivity index (χ1) is 9.99. The van der Waals surface area contributed by atoms with Crippen LogP contribution in [0.1, 0.15) is 28.9 Å². The van der Waals surface area contributed by atoms with Crippen molar-refractivity contribution in [1.82, 2.24) is 0 Å². The second kappa shape index (κ2) is 6.04. The Hall–Kier alpha value is -2.89. The van der Waals surface area contributed by atoms with Crippen molar-refractivity contribution in [2.75, 3.05) is 5.32 Å². The van der Waals surface area contributed by atoms with Gasteiger partial charge in [0.05, 0.1) is 22.1 Å². The van der Waals surface area contributed by atoms with E-state index in [4.69, 9.17) is 5.11 Å². The van der Waals surface area contributed by atoms with Gasteiger partial charge in [0.1, 0.15) is 0 Å². The molecule has 0 radical (unpaired) electrons. The number of carboxylic acids is 1. The molecular weight excluding hydrogens is 272 g/mol. The third-order valence-electron chi connectivity index (χ3n) is 3.11. The molecular formula is C15H14N2O4. The van der Waals surface area contributed by atoms with E-state index in [1.54, 1.807) is 30.3 Å². The van der Waals surface area contributed by atoms with Gasteiger partial charge in [-0.15, -0.1) is 0 Å². The van der Waals surface area contributed by atoms with Crippen LogP contribution in [0.2, 0.25) is 0 Å². The summed E-state index contributed by atoms with van der Waals surface area (Å²) in [5.41, 5.74) is 1.52. The maximum atomic E-state index is 11.0. The van der Waals surface area contributed by atoms with Crippen molar-refractivity contribution in [3.63, 3.8) is 0 Å². The van der Waals surface area contributed by atoms with Crippen LogP contribution < -0.4 is 5.32 Å². The number of aromatic carboxylic acids is 1. The van der Waals surface area contributed by atoms with Crippen molar-refractivity contribution in [3.8, 4) is 0 Å². The van der Waals surface area contributed by atoms with Crippen molar-refractivity contribution in [2.24, 2.45) is 0 Å². The molecule has 1 atom stereocenters. The van der Waals surface area contributed by atoms with Crippen LogP contribution in [0.5, 0.6) is 0 Å². The topological polar surface area (TPSA) is 92.5 Å². The van der Waals surface area contributed by atoms with Gasteiger partial charge in [-0.05, 0) is 31.2 Å². The second-order valence-corrected chi connectivity index (χ2v) is 4.56. The Bertz CT molecular complexity index is 668. The van der Waals surface area contributed by atoms with Gasteiger partial charge in [-0.2, -0.15) is 0 Å². The maximum absolute atomic E-state index is 11.0. The zero-order chi connectivity index (χ0) is 15.4. The summed E-state index contributed by atoms with van der Waals surface area (Å²) in [7, 11) is 0. The van der Waals surface area contributed by atoms with Gasteiger partial charge in [-0.25, -0.2) is 4.79 Å². The fraction of sp³-hybridized carbons (Fsp3) is 0.133. The van der Waals surface area contributed by atoms with E-state index in [-0.39, 0.29) is 17.3 Å². The van der Waals surface area contributed by atoms with Crippen LogP contribution in [-0.4, -0.2) is 16.0 Å². The van der Waals surface area contributed by atoms with E-state index < -0.39 is 10.9 Å². The molecule has 2 rings (SSSR count).